The minimum absolute atomic E-state index is 0.0379. The summed E-state index contributed by atoms with van der Waals surface area (Å²) < 4.78 is 5.72. The van der Waals surface area contributed by atoms with E-state index in [0.29, 0.717) is 24.3 Å². The molecule has 0 bridgehead atoms. The van der Waals surface area contributed by atoms with E-state index in [4.69, 9.17) is 4.74 Å². The van der Waals surface area contributed by atoms with Gasteiger partial charge in [0.15, 0.2) is 0 Å². The Morgan fingerprint density at radius 2 is 1.37 bits per heavy atom. The molecule has 0 aromatic heterocycles. The zero-order valence-corrected chi connectivity index (χ0v) is 20.7. The second-order valence-corrected chi connectivity index (χ2v) is 10.9. The van der Waals surface area contributed by atoms with Gasteiger partial charge < -0.3 is 4.74 Å². The first-order chi connectivity index (χ1) is 13.7. The van der Waals surface area contributed by atoms with Crippen LogP contribution in [0, 0.1) is 16.2 Å². The molecule has 1 heterocycles. The maximum absolute atomic E-state index is 13.0. The fourth-order valence-electron chi connectivity index (χ4n) is 4.11. The van der Waals surface area contributed by atoms with E-state index in [2.05, 4.69) is 41.5 Å². The molecule has 30 heavy (non-hydrogen) atoms. The number of nitrogens with zero attached hydrogens (tertiary/aromatic N) is 1. The zero-order chi connectivity index (χ0) is 23.3. The molecule has 0 saturated carbocycles. The molecule has 0 fully saturated rings. The average Bonchev–Trinajstić information content (AvgIpc) is 2.82. The van der Waals surface area contributed by atoms with Crippen molar-refractivity contribution >= 4 is 17.8 Å². The smallest absolute Gasteiger partial charge is 0.312 e. The number of amides is 2. The van der Waals surface area contributed by atoms with Gasteiger partial charge in [0, 0.05) is 17.7 Å². The first-order valence-corrected chi connectivity index (χ1v) is 11.4. The lowest BCUT2D eigenvalue weighted by Gasteiger charge is -2.45. The topological polar surface area (TPSA) is 63.7 Å². The fraction of sp³-hybridized carbons (Fsp3) is 0.800. The van der Waals surface area contributed by atoms with E-state index >= 15 is 0 Å². The molecule has 0 aliphatic carbocycles. The van der Waals surface area contributed by atoms with Gasteiger partial charge in [-0.25, -0.2) is 0 Å². The highest BCUT2D eigenvalue weighted by Gasteiger charge is 2.49. The molecule has 172 valence electrons. The second kappa shape index (κ2) is 10.1. The predicted molar refractivity (Wildman–Crippen MR) is 121 cm³/mol. The molecule has 1 rings (SSSR count). The third-order valence-electron chi connectivity index (χ3n) is 6.92. The maximum atomic E-state index is 13.0. The largest absolute Gasteiger partial charge is 0.465 e. The van der Waals surface area contributed by atoms with Crippen LogP contribution in [-0.2, 0) is 19.1 Å². The van der Waals surface area contributed by atoms with E-state index in [1.165, 1.54) is 4.90 Å². The van der Waals surface area contributed by atoms with Crippen molar-refractivity contribution in [3.8, 4) is 0 Å². The summed E-state index contributed by atoms with van der Waals surface area (Å²) in [6.45, 7) is 19.3. The molecular weight excluding hydrogens is 378 g/mol. The molecule has 1 aliphatic rings. The number of imide groups is 1. The summed E-state index contributed by atoms with van der Waals surface area (Å²) in [6.07, 6.45) is 5.06. The van der Waals surface area contributed by atoms with Crippen molar-refractivity contribution in [2.75, 3.05) is 13.2 Å². The van der Waals surface area contributed by atoms with Gasteiger partial charge in [0.1, 0.15) is 0 Å². The number of carbonyl (C=O) groups excluding carboxylic acids is 3. The number of ether oxygens (including phenoxy) is 1. The van der Waals surface area contributed by atoms with Crippen LogP contribution in [0.15, 0.2) is 11.1 Å². The highest BCUT2D eigenvalue weighted by Crippen LogP contribution is 2.49. The fourth-order valence-corrected chi connectivity index (χ4v) is 4.11. The van der Waals surface area contributed by atoms with Crippen molar-refractivity contribution in [2.45, 2.75) is 101 Å². The van der Waals surface area contributed by atoms with Gasteiger partial charge in [-0.3, -0.25) is 19.3 Å². The summed E-state index contributed by atoms with van der Waals surface area (Å²) in [5.74, 6) is -0.430. The Labute approximate surface area is 183 Å². The zero-order valence-electron chi connectivity index (χ0n) is 20.7. The van der Waals surface area contributed by atoms with Crippen molar-refractivity contribution in [1.82, 2.24) is 4.90 Å². The monoisotopic (exact) mass is 421 g/mol. The quantitative estimate of drug-likeness (QED) is 0.245. The van der Waals surface area contributed by atoms with Crippen LogP contribution in [0.4, 0.5) is 0 Å². The molecule has 1 atom stereocenters. The summed E-state index contributed by atoms with van der Waals surface area (Å²) in [4.78, 5) is 38.5. The Balaban J connectivity index is 2.43. The van der Waals surface area contributed by atoms with Crippen molar-refractivity contribution < 1.29 is 19.1 Å². The summed E-state index contributed by atoms with van der Waals surface area (Å²) >= 11 is 0. The third kappa shape index (κ3) is 6.18. The SMILES string of the molecule is CCC(C)(C)C(C)(CC(C)(C)C)C(=O)OCCCCCCN1C(=O)C(C)=C(C)C1=O. The van der Waals surface area contributed by atoms with Crippen LogP contribution in [0.3, 0.4) is 0 Å². The van der Waals surface area contributed by atoms with Gasteiger partial charge in [0.2, 0.25) is 0 Å². The number of hydrogen-bond donors (Lipinski definition) is 0. The lowest BCUT2D eigenvalue weighted by atomic mass is 9.59. The molecule has 0 radical (unpaired) electrons. The van der Waals surface area contributed by atoms with Gasteiger partial charge in [-0.1, -0.05) is 48.0 Å². The molecule has 0 saturated heterocycles. The summed E-state index contributed by atoms with van der Waals surface area (Å²) in [7, 11) is 0. The summed E-state index contributed by atoms with van der Waals surface area (Å²) in [6, 6.07) is 0. The first kappa shape index (κ1) is 26.4. The average molecular weight is 422 g/mol. The van der Waals surface area contributed by atoms with E-state index in [1.54, 1.807) is 13.8 Å². The molecule has 5 heteroatoms. The third-order valence-corrected chi connectivity index (χ3v) is 6.92. The van der Waals surface area contributed by atoms with Crippen LogP contribution in [0.1, 0.15) is 101 Å². The van der Waals surface area contributed by atoms with Gasteiger partial charge in [0.25, 0.3) is 11.8 Å². The lowest BCUT2D eigenvalue weighted by molar-refractivity contribution is -0.166. The Kier molecular flexibility index (Phi) is 8.89. The molecule has 5 nitrogen and oxygen atoms in total. The van der Waals surface area contributed by atoms with Crippen molar-refractivity contribution in [1.29, 1.82) is 0 Å². The van der Waals surface area contributed by atoms with Crippen molar-refractivity contribution in [3.05, 3.63) is 11.1 Å². The standard InChI is InChI=1S/C25H43NO4/c1-10-24(7,8)25(9,17-23(4,5)6)22(29)30-16-14-12-11-13-15-26-20(27)18(2)19(3)21(26)28/h10-17H2,1-9H3. The summed E-state index contributed by atoms with van der Waals surface area (Å²) in [5, 5.41) is 0. The molecule has 2 amide bonds. The molecule has 0 aromatic carbocycles. The molecule has 0 aromatic rings. The second-order valence-electron chi connectivity index (χ2n) is 10.9. The number of esters is 1. The van der Waals surface area contributed by atoms with E-state index in [0.717, 1.165) is 38.5 Å². The lowest BCUT2D eigenvalue weighted by Crippen LogP contribution is -2.45. The van der Waals surface area contributed by atoms with Crippen LogP contribution in [0.25, 0.3) is 0 Å². The minimum atomic E-state index is -0.529. The van der Waals surface area contributed by atoms with E-state index in [-0.39, 0.29) is 28.6 Å². The van der Waals surface area contributed by atoms with Gasteiger partial charge in [-0.2, -0.15) is 0 Å². The number of unbranched alkanes of at least 4 members (excludes halogenated alkanes) is 3. The molecule has 1 unspecified atom stereocenters. The summed E-state index contributed by atoms with van der Waals surface area (Å²) in [5.41, 5.74) is 0.478. The normalized spacial score (nSPS) is 17.6. The van der Waals surface area contributed by atoms with Gasteiger partial charge in [-0.05, 0) is 63.7 Å². The highest BCUT2D eigenvalue weighted by molar-refractivity contribution is 6.18. The van der Waals surface area contributed by atoms with Crippen LogP contribution >= 0.6 is 0 Å². The Hall–Kier alpha value is -1.65. The number of hydrogen-bond acceptors (Lipinski definition) is 4. The number of carbonyl (C=O) groups is 3. The van der Waals surface area contributed by atoms with Gasteiger partial charge in [0.05, 0.1) is 12.0 Å². The maximum Gasteiger partial charge on any atom is 0.312 e. The van der Waals surface area contributed by atoms with Crippen molar-refractivity contribution in [3.63, 3.8) is 0 Å². The van der Waals surface area contributed by atoms with Crippen LogP contribution < -0.4 is 0 Å². The van der Waals surface area contributed by atoms with E-state index < -0.39 is 5.41 Å². The van der Waals surface area contributed by atoms with Gasteiger partial charge in [-0.15, -0.1) is 0 Å². The van der Waals surface area contributed by atoms with Gasteiger partial charge >= 0.3 is 5.97 Å². The van der Waals surface area contributed by atoms with Crippen LogP contribution in [-0.4, -0.2) is 35.8 Å². The number of rotatable bonds is 11. The minimum Gasteiger partial charge on any atom is -0.465 e. The molecular formula is C25H43NO4. The first-order valence-electron chi connectivity index (χ1n) is 11.4. The van der Waals surface area contributed by atoms with E-state index in [9.17, 15) is 14.4 Å². The molecule has 1 aliphatic heterocycles. The molecule has 0 N–H and O–H groups in total. The van der Waals surface area contributed by atoms with Crippen LogP contribution in [0.2, 0.25) is 0 Å². The van der Waals surface area contributed by atoms with E-state index in [1.807, 2.05) is 6.92 Å². The highest BCUT2D eigenvalue weighted by atomic mass is 16.5. The Bertz CT molecular complexity index is 660. The van der Waals surface area contributed by atoms with Crippen molar-refractivity contribution in [2.24, 2.45) is 16.2 Å². The predicted octanol–water partition coefficient (Wildman–Crippen LogP) is 5.67. The Morgan fingerprint density at radius 3 is 1.83 bits per heavy atom. The van der Waals surface area contributed by atoms with Crippen LogP contribution in [0.5, 0.6) is 0 Å². The Morgan fingerprint density at radius 1 is 0.867 bits per heavy atom. The molecule has 0 spiro atoms.